The van der Waals surface area contributed by atoms with Gasteiger partial charge in [-0.1, -0.05) is 11.6 Å². The molecule has 1 aromatic carbocycles. The lowest BCUT2D eigenvalue weighted by Gasteiger charge is -2.39. The van der Waals surface area contributed by atoms with E-state index >= 15 is 0 Å². The first-order chi connectivity index (χ1) is 8.86. The van der Waals surface area contributed by atoms with E-state index in [1.54, 1.807) is 6.92 Å². The fourth-order valence-corrected chi connectivity index (χ4v) is 1.48. The zero-order valence-corrected chi connectivity index (χ0v) is 10.4. The molecule has 0 saturated heterocycles. The number of hydrogen-bond donors (Lipinski definition) is 3. The highest BCUT2D eigenvalue weighted by Gasteiger charge is 2.16. The lowest BCUT2D eigenvalue weighted by Crippen LogP contribution is -2.20. The third-order valence-corrected chi connectivity index (χ3v) is 2.19. The normalized spacial score (nSPS) is 10.0. The van der Waals surface area contributed by atoms with Crippen LogP contribution in [0.3, 0.4) is 0 Å². The molecule has 0 aliphatic heterocycles. The standard InChI is InChI=1S/C9H10ClN3O6/c1-2-19-9(14)11-8-6(12(15)16)3-5(10)4-7(8)13(17)18/h3-4,15-16H,2H2,1H3,(H,11,14)/q-2. The summed E-state index contributed by atoms with van der Waals surface area (Å²) in [7, 11) is 0. The minimum Gasteiger partial charge on any atom is -0.769 e. The first kappa shape index (κ1) is 15.3. The first-order valence-electron chi connectivity index (χ1n) is 4.96. The SMILES string of the molecule is CCOC(=O)Nc1c(N([O-])[O-])cc(Cl)cc1N(O)O. The predicted molar refractivity (Wildman–Crippen MR) is 67.4 cm³/mol. The average molecular weight is 292 g/mol. The highest BCUT2D eigenvalue weighted by molar-refractivity contribution is 6.31. The molecule has 19 heavy (non-hydrogen) atoms. The fourth-order valence-electron chi connectivity index (χ4n) is 1.28. The van der Waals surface area contributed by atoms with Crippen molar-refractivity contribution in [2.24, 2.45) is 0 Å². The molecule has 0 aromatic heterocycles. The smallest absolute Gasteiger partial charge is 0.411 e. The Bertz CT molecular complexity index is 438. The summed E-state index contributed by atoms with van der Waals surface area (Å²) in [6.45, 7) is 1.59. The number of ether oxygens (including phenoxy) is 1. The summed E-state index contributed by atoms with van der Waals surface area (Å²) in [4.78, 5) is 11.3. The minimum absolute atomic E-state index is 0.0461. The van der Waals surface area contributed by atoms with Gasteiger partial charge in [0.2, 0.25) is 0 Å². The van der Waals surface area contributed by atoms with Gasteiger partial charge in [0.25, 0.3) is 0 Å². The Balaban J connectivity index is 3.27. The number of carbonyl (C=O) groups excluding carboxylic acids is 1. The van der Waals surface area contributed by atoms with Gasteiger partial charge in [0, 0.05) is 10.7 Å². The molecule has 10 heteroatoms. The summed E-state index contributed by atoms with van der Waals surface area (Å²) in [6.07, 6.45) is -0.976. The van der Waals surface area contributed by atoms with E-state index in [2.05, 4.69) is 4.74 Å². The summed E-state index contributed by atoms with van der Waals surface area (Å²) >= 11 is 5.61. The largest absolute Gasteiger partial charge is 0.769 e. The van der Waals surface area contributed by atoms with E-state index in [0.29, 0.717) is 0 Å². The molecule has 0 spiro atoms. The molecular formula is C9H10ClN3O6-2. The first-order valence-corrected chi connectivity index (χ1v) is 5.34. The number of halogens is 1. The van der Waals surface area contributed by atoms with Gasteiger partial charge in [0.15, 0.2) is 0 Å². The Morgan fingerprint density at radius 1 is 1.42 bits per heavy atom. The van der Waals surface area contributed by atoms with Crippen molar-refractivity contribution in [3.63, 3.8) is 0 Å². The second kappa shape index (κ2) is 6.41. The van der Waals surface area contributed by atoms with Crippen LogP contribution in [0.2, 0.25) is 5.02 Å². The number of anilines is 3. The molecular weight excluding hydrogens is 282 g/mol. The lowest BCUT2D eigenvalue weighted by molar-refractivity contribution is 0.0296. The van der Waals surface area contributed by atoms with E-state index in [1.165, 1.54) is 0 Å². The fraction of sp³-hybridized carbons (Fsp3) is 0.222. The summed E-state index contributed by atoms with van der Waals surface area (Å²) in [5.41, 5.74) is -1.52. The van der Waals surface area contributed by atoms with Crippen molar-refractivity contribution >= 4 is 34.8 Å². The van der Waals surface area contributed by atoms with E-state index in [0.717, 1.165) is 12.1 Å². The van der Waals surface area contributed by atoms with Crippen molar-refractivity contribution < 1.29 is 19.9 Å². The van der Waals surface area contributed by atoms with Crippen LogP contribution in [-0.4, -0.2) is 23.1 Å². The molecule has 0 unspecified atom stereocenters. The molecule has 106 valence electrons. The van der Waals surface area contributed by atoms with E-state index in [1.807, 2.05) is 5.32 Å². The van der Waals surface area contributed by atoms with Gasteiger partial charge in [-0.25, -0.2) is 4.79 Å². The van der Waals surface area contributed by atoms with Gasteiger partial charge in [-0.3, -0.25) is 15.7 Å². The molecule has 1 amide bonds. The molecule has 1 rings (SSSR count). The minimum atomic E-state index is -0.976. The maximum Gasteiger partial charge on any atom is 0.411 e. The molecule has 0 aliphatic rings. The number of nitrogens with zero attached hydrogens (tertiary/aromatic N) is 2. The Morgan fingerprint density at radius 3 is 2.47 bits per heavy atom. The second-order valence-corrected chi connectivity index (χ2v) is 3.65. The predicted octanol–water partition coefficient (Wildman–Crippen LogP) is 2.30. The van der Waals surface area contributed by atoms with Crippen LogP contribution in [0.25, 0.3) is 0 Å². The van der Waals surface area contributed by atoms with Crippen molar-refractivity contribution in [2.75, 3.05) is 22.4 Å². The third kappa shape index (κ3) is 3.84. The highest BCUT2D eigenvalue weighted by Crippen LogP contribution is 2.37. The quantitative estimate of drug-likeness (QED) is 0.720. The molecule has 3 N–H and O–H groups in total. The molecule has 0 bridgehead atoms. The van der Waals surface area contributed by atoms with Crippen LogP contribution in [0.1, 0.15) is 6.92 Å². The average Bonchev–Trinajstić information content (AvgIpc) is 2.30. The summed E-state index contributed by atoms with van der Waals surface area (Å²) in [5.74, 6) is 0. The molecule has 0 atom stereocenters. The Labute approximate surface area is 112 Å². The highest BCUT2D eigenvalue weighted by atomic mass is 35.5. The van der Waals surface area contributed by atoms with Gasteiger partial charge < -0.3 is 20.4 Å². The summed E-state index contributed by atoms with van der Waals surface area (Å²) in [6, 6.07) is 1.98. The number of carbonyl (C=O) groups is 1. The van der Waals surface area contributed by atoms with E-state index in [9.17, 15) is 15.2 Å². The van der Waals surface area contributed by atoms with Crippen molar-refractivity contribution in [1.29, 1.82) is 0 Å². The molecule has 1 aromatic rings. The van der Waals surface area contributed by atoms with Gasteiger partial charge in [0.1, 0.15) is 5.69 Å². The molecule has 0 aliphatic carbocycles. The monoisotopic (exact) mass is 291 g/mol. The maximum atomic E-state index is 11.3. The van der Waals surface area contributed by atoms with Crippen LogP contribution < -0.4 is 15.8 Å². The van der Waals surface area contributed by atoms with Gasteiger partial charge in [-0.2, -0.15) is 0 Å². The van der Waals surface area contributed by atoms with Crippen molar-refractivity contribution in [2.45, 2.75) is 6.92 Å². The second-order valence-electron chi connectivity index (χ2n) is 3.21. The van der Waals surface area contributed by atoms with E-state index in [-0.39, 0.29) is 16.9 Å². The van der Waals surface area contributed by atoms with E-state index < -0.39 is 28.4 Å². The number of benzene rings is 1. The summed E-state index contributed by atoms with van der Waals surface area (Å²) < 4.78 is 4.56. The van der Waals surface area contributed by atoms with Crippen molar-refractivity contribution in [1.82, 2.24) is 0 Å². The van der Waals surface area contributed by atoms with Crippen molar-refractivity contribution in [3.8, 4) is 0 Å². The zero-order valence-electron chi connectivity index (χ0n) is 9.66. The molecule has 0 heterocycles. The molecule has 0 saturated carbocycles. The number of nitrogens with one attached hydrogen (secondary N) is 1. The van der Waals surface area contributed by atoms with Gasteiger partial charge in [0.05, 0.1) is 12.3 Å². The topological polar surface area (TPSA) is 131 Å². The van der Waals surface area contributed by atoms with E-state index in [4.69, 9.17) is 22.0 Å². The Morgan fingerprint density at radius 2 is 2.00 bits per heavy atom. The van der Waals surface area contributed by atoms with Gasteiger partial charge >= 0.3 is 6.09 Å². The van der Waals surface area contributed by atoms with Crippen LogP contribution in [0.15, 0.2) is 12.1 Å². The molecule has 0 radical (unpaired) electrons. The molecule has 0 fully saturated rings. The molecule has 9 nitrogen and oxygen atoms in total. The van der Waals surface area contributed by atoms with Crippen LogP contribution in [-0.2, 0) is 4.74 Å². The van der Waals surface area contributed by atoms with Crippen LogP contribution in [0.5, 0.6) is 0 Å². The summed E-state index contributed by atoms with van der Waals surface area (Å²) in [5, 5.41) is 40.4. The van der Waals surface area contributed by atoms with Gasteiger partial charge in [-0.15, -0.1) is 5.23 Å². The Kier molecular flexibility index (Phi) is 5.15. The van der Waals surface area contributed by atoms with Crippen molar-refractivity contribution in [3.05, 3.63) is 27.6 Å². The number of hydrogen-bond acceptors (Lipinski definition) is 8. The van der Waals surface area contributed by atoms with Crippen LogP contribution in [0, 0.1) is 10.4 Å². The lowest BCUT2D eigenvalue weighted by atomic mass is 10.2. The van der Waals surface area contributed by atoms with Crippen LogP contribution >= 0.6 is 11.6 Å². The Hall–Kier alpha value is -1.78. The van der Waals surface area contributed by atoms with Gasteiger partial charge in [-0.05, 0) is 19.1 Å². The maximum absolute atomic E-state index is 11.3. The number of amides is 1. The zero-order chi connectivity index (χ0) is 14.6. The van der Waals surface area contributed by atoms with Crippen LogP contribution in [0.4, 0.5) is 21.9 Å². The number of rotatable bonds is 4. The third-order valence-electron chi connectivity index (χ3n) is 1.98.